The van der Waals surface area contributed by atoms with Crippen LogP contribution in [0.5, 0.6) is 0 Å². The number of unbranched alkanes of at least 4 members (excludes halogenated alkanes) is 9. The van der Waals surface area contributed by atoms with Crippen molar-refractivity contribution in [3.05, 3.63) is 0 Å². The average Bonchev–Trinajstić information content (AvgIpc) is 2.19. The van der Waals surface area contributed by atoms with Gasteiger partial charge in [-0.05, 0) is 0 Å². The normalized spacial score (nSPS) is 12.2. The van der Waals surface area contributed by atoms with Gasteiger partial charge in [0.2, 0.25) is 0 Å². The first-order valence-electron chi connectivity index (χ1n) is 7.11. The van der Waals surface area contributed by atoms with Gasteiger partial charge in [-0.1, -0.05) is 0 Å². The van der Waals surface area contributed by atoms with Crippen LogP contribution >= 0.6 is 0 Å². The zero-order chi connectivity index (χ0) is 12.3. The van der Waals surface area contributed by atoms with Gasteiger partial charge in [-0.3, -0.25) is 0 Å². The van der Waals surface area contributed by atoms with Gasteiger partial charge in [0.1, 0.15) is 0 Å². The molecule has 17 heavy (non-hydrogen) atoms. The maximum Gasteiger partial charge on any atom is 0 e. The fraction of sp³-hybridized carbons (Fsp3) is 1.00. The molecule has 0 amide bonds. The summed E-state index contributed by atoms with van der Waals surface area (Å²) < 4.78 is 0. The second-order valence-corrected chi connectivity index (χ2v) is 12.4. The largest absolute Gasteiger partial charge is 0 e. The molecular formula is C15H34MnMo. The van der Waals surface area contributed by atoms with Gasteiger partial charge in [-0.25, -0.2) is 0 Å². The molecule has 107 valence electrons. The van der Waals surface area contributed by atoms with Crippen LogP contribution in [0.2, 0.25) is 22.8 Å². The Morgan fingerprint density at radius 3 is 1.29 bits per heavy atom. The molecule has 0 unspecified atom stereocenters. The molecule has 0 atom stereocenters. The van der Waals surface area contributed by atoms with Gasteiger partial charge in [0.05, 0.1) is 0 Å². The van der Waals surface area contributed by atoms with Crippen molar-refractivity contribution in [3.63, 3.8) is 0 Å². The molecule has 0 nitrogen and oxygen atoms in total. The Balaban J connectivity index is 0. The first-order chi connectivity index (χ1) is 7.56. The molecule has 0 spiro atoms. The summed E-state index contributed by atoms with van der Waals surface area (Å²) in [6.07, 6.45) is 14.7. The van der Waals surface area contributed by atoms with E-state index < -0.39 is 12.8 Å². The molecule has 0 saturated heterocycles. The van der Waals surface area contributed by atoms with Crippen molar-refractivity contribution in [1.29, 1.82) is 0 Å². The van der Waals surface area contributed by atoms with Crippen molar-refractivity contribution in [2.45, 2.75) is 93.9 Å². The molecule has 0 radical (unpaired) electrons. The summed E-state index contributed by atoms with van der Waals surface area (Å²) in [5.41, 5.74) is 0. The second kappa shape index (κ2) is 13.6. The third kappa shape index (κ3) is 19.7. The molecule has 0 aliphatic carbocycles. The van der Waals surface area contributed by atoms with Crippen molar-refractivity contribution >= 4 is 0 Å². The minimum atomic E-state index is -0.764. The van der Waals surface area contributed by atoms with Crippen LogP contribution in [0.25, 0.3) is 0 Å². The molecule has 0 N–H and O–H groups in total. The van der Waals surface area contributed by atoms with Crippen LogP contribution in [0, 0.1) is 0 Å². The van der Waals surface area contributed by atoms with Crippen molar-refractivity contribution in [1.82, 2.24) is 0 Å². The van der Waals surface area contributed by atoms with Crippen molar-refractivity contribution in [2.75, 3.05) is 0 Å². The Morgan fingerprint density at radius 2 is 0.941 bits per heavy atom. The Hall–Kier alpha value is 1.21. The van der Waals surface area contributed by atoms with Gasteiger partial charge < -0.3 is 0 Å². The van der Waals surface area contributed by atoms with Crippen LogP contribution in [-0.4, -0.2) is 0 Å². The minimum Gasteiger partial charge on any atom is 0 e. The van der Waals surface area contributed by atoms with Crippen LogP contribution in [-0.2, 0) is 33.9 Å². The van der Waals surface area contributed by atoms with E-state index in [2.05, 4.69) is 24.4 Å². The Morgan fingerprint density at radius 1 is 0.588 bits per heavy atom. The summed E-state index contributed by atoms with van der Waals surface area (Å²) in [7, 11) is 0. The summed E-state index contributed by atoms with van der Waals surface area (Å²) in [6, 6.07) is 0. The van der Waals surface area contributed by atoms with Crippen LogP contribution < -0.4 is 0 Å². The van der Waals surface area contributed by atoms with Gasteiger partial charge in [0.25, 0.3) is 0 Å². The molecule has 0 rings (SSSR count). The monoisotopic (exact) mass is 367 g/mol. The zero-order valence-corrected chi connectivity index (χ0v) is 15.8. The second-order valence-electron chi connectivity index (χ2n) is 5.81. The van der Waals surface area contributed by atoms with Crippen LogP contribution in [0.1, 0.15) is 71.1 Å². The van der Waals surface area contributed by atoms with Gasteiger partial charge >= 0.3 is 107 Å². The van der Waals surface area contributed by atoms with E-state index in [9.17, 15) is 0 Å². The number of hydrogen-bond donors (Lipinski definition) is 0. The van der Waals surface area contributed by atoms with Crippen molar-refractivity contribution in [2.24, 2.45) is 0 Å². The van der Waals surface area contributed by atoms with Crippen LogP contribution in [0.4, 0.5) is 0 Å². The average molecular weight is 365 g/mol. The maximum atomic E-state index is 2.49. The van der Waals surface area contributed by atoms with E-state index in [1.54, 1.807) is 0 Å². The predicted molar refractivity (Wildman–Crippen MR) is 74.2 cm³/mol. The molecule has 0 aromatic rings. The molecule has 2 heteroatoms. The number of hydrogen-bond acceptors (Lipinski definition) is 0. The quantitative estimate of drug-likeness (QED) is 0.285. The van der Waals surface area contributed by atoms with Crippen LogP contribution in [0.15, 0.2) is 0 Å². The standard InChI is InChI=1S/C12H25.3CH3.Mn.Mo/c1-3-5-7-9-11-12-10-8-6-4-2;;;;;/h1,3-12H2,2H3;3*1H3;;. The third-order valence-electron chi connectivity index (χ3n) is 3.05. The van der Waals surface area contributed by atoms with Gasteiger partial charge in [0.15, 0.2) is 0 Å². The van der Waals surface area contributed by atoms with E-state index >= 15 is 0 Å². The zero-order valence-electron chi connectivity index (χ0n) is 12.6. The molecule has 0 aliphatic rings. The first kappa shape index (κ1) is 20.5. The molecular weight excluding hydrogens is 331 g/mol. The molecule has 0 aliphatic heterocycles. The fourth-order valence-electron chi connectivity index (χ4n) is 1.98. The molecule has 0 aromatic carbocycles. The van der Waals surface area contributed by atoms with E-state index in [0.29, 0.717) is 0 Å². The SMILES string of the molecule is CCCCCCCCCCC[CH2][Mn]([CH3])([CH3])[CH3].[Mo]. The molecule has 0 heterocycles. The first-order valence-corrected chi connectivity index (χ1v) is 11.5. The molecule has 0 fully saturated rings. The summed E-state index contributed by atoms with van der Waals surface area (Å²) in [5, 5.41) is 1.53. The summed E-state index contributed by atoms with van der Waals surface area (Å²) >= 11 is -0.764. The van der Waals surface area contributed by atoms with E-state index in [4.69, 9.17) is 0 Å². The van der Waals surface area contributed by atoms with E-state index in [0.717, 1.165) is 0 Å². The summed E-state index contributed by atoms with van der Waals surface area (Å²) in [4.78, 5) is 0. The maximum absolute atomic E-state index is 2.49. The van der Waals surface area contributed by atoms with Gasteiger partial charge in [-0.2, -0.15) is 0 Å². The Kier molecular flexibility index (Phi) is 16.5. The van der Waals surface area contributed by atoms with Crippen molar-refractivity contribution < 1.29 is 33.9 Å². The minimum absolute atomic E-state index is 0. The summed E-state index contributed by atoms with van der Waals surface area (Å²) in [6.45, 7) is 2.29. The molecule has 0 bridgehead atoms. The summed E-state index contributed by atoms with van der Waals surface area (Å²) in [5.74, 6) is 7.47. The topological polar surface area (TPSA) is 0 Å². The Bertz CT molecular complexity index is 140. The predicted octanol–water partition coefficient (Wildman–Crippen LogP) is 6.62. The van der Waals surface area contributed by atoms with Crippen molar-refractivity contribution in [3.8, 4) is 0 Å². The van der Waals surface area contributed by atoms with Gasteiger partial charge in [0, 0.05) is 21.1 Å². The number of rotatable bonds is 11. The van der Waals surface area contributed by atoms with E-state index in [1.165, 1.54) is 69.5 Å². The smallest absolute Gasteiger partial charge is 0 e. The van der Waals surface area contributed by atoms with E-state index in [1.807, 2.05) is 0 Å². The Labute approximate surface area is 127 Å². The van der Waals surface area contributed by atoms with Gasteiger partial charge in [-0.15, -0.1) is 0 Å². The fourth-order valence-corrected chi connectivity index (χ4v) is 3.53. The third-order valence-corrected chi connectivity index (χ3v) is 5.24. The molecule has 0 saturated carbocycles. The molecule has 0 aromatic heterocycles. The van der Waals surface area contributed by atoms with Crippen LogP contribution in [0.3, 0.4) is 0 Å². The van der Waals surface area contributed by atoms with E-state index in [-0.39, 0.29) is 21.1 Å².